The van der Waals surface area contributed by atoms with Crippen molar-refractivity contribution in [1.82, 2.24) is 15.5 Å². The molecule has 2 N–H and O–H groups in total. The van der Waals surface area contributed by atoms with Crippen LogP contribution in [0.15, 0.2) is 58.9 Å². The van der Waals surface area contributed by atoms with Crippen molar-refractivity contribution in [2.45, 2.75) is 11.3 Å². The van der Waals surface area contributed by atoms with Crippen molar-refractivity contribution in [1.29, 1.82) is 0 Å². The normalized spacial score (nSPS) is 10.4. The second-order valence-corrected chi connectivity index (χ2v) is 7.86. The highest BCUT2D eigenvalue weighted by atomic mass is 32.2. The molecular weight excluding hydrogens is 380 g/mol. The maximum Gasteiger partial charge on any atom is 0.230 e. The average molecular weight is 401 g/mol. The number of nitrogens with zero attached hydrogens (tertiary/aromatic N) is 2. The van der Waals surface area contributed by atoms with Crippen LogP contribution in [0, 0.1) is 6.92 Å². The highest BCUT2D eigenvalue weighted by molar-refractivity contribution is 8.01. The Hall–Kier alpha value is -2.58. The molecule has 0 fully saturated rings. The van der Waals surface area contributed by atoms with Gasteiger partial charge in [0.05, 0.1) is 12.3 Å². The van der Waals surface area contributed by atoms with E-state index in [1.54, 1.807) is 0 Å². The number of carbonyl (C=O) groups is 1. The minimum atomic E-state index is -0.0556. The van der Waals surface area contributed by atoms with Crippen molar-refractivity contribution in [2.75, 3.05) is 24.2 Å². The Bertz CT molecular complexity index is 854. The Morgan fingerprint density at radius 2 is 1.89 bits per heavy atom. The first-order valence-electron chi connectivity index (χ1n) is 8.43. The first kappa shape index (κ1) is 19.2. The van der Waals surface area contributed by atoms with Crippen molar-refractivity contribution >= 4 is 39.8 Å². The molecule has 3 rings (SSSR count). The van der Waals surface area contributed by atoms with E-state index < -0.39 is 0 Å². The van der Waals surface area contributed by atoms with E-state index in [2.05, 4.69) is 20.8 Å². The molecule has 0 saturated carbocycles. The van der Waals surface area contributed by atoms with Crippen molar-refractivity contribution in [3.63, 3.8) is 0 Å². The third kappa shape index (κ3) is 6.58. The molecule has 0 radical (unpaired) electrons. The van der Waals surface area contributed by atoms with Gasteiger partial charge in [-0.2, -0.15) is 0 Å². The second kappa shape index (κ2) is 9.94. The quantitative estimate of drug-likeness (QED) is 0.419. The van der Waals surface area contributed by atoms with Crippen LogP contribution in [0.4, 0.5) is 10.8 Å². The van der Waals surface area contributed by atoms with Crippen LogP contribution in [0.1, 0.15) is 5.56 Å². The number of anilines is 2. The van der Waals surface area contributed by atoms with Crippen LogP contribution >= 0.6 is 23.1 Å². The van der Waals surface area contributed by atoms with Gasteiger partial charge in [-0.25, -0.2) is 0 Å². The molecule has 1 amide bonds. The lowest BCUT2D eigenvalue weighted by Crippen LogP contribution is -2.29. The second-order valence-electron chi connectivity index (χ2n) is 5.66. The molecule has 3 aromatic rings. The number of aryl methyl sites for hydroxylation is 1. The van der Waals surface area contributed by atoms with Gasteiger partial charge in [0.25, 0.3) is 0 Å². The Morgan fingerprint density at radius 1 is 1.11 bits per heavy atom. The number of ether oxygens (including phenoxy) is 1. The lowest BCUT2D eigenvalue weighted by molar-refractivity contribution is -0.118. The number of hydrogen-bond donors (Lipinski definition) is 2. The molecule has 0 bridgehead atoms. The minimum Gasteiger partial charge on any atom is -0.492 e. The minimum absolute atomic E-state index is 0.0556. The van der Waals surface area contributed by atoms with Crippen molar-refractivity contribution in [3.8, 4) is 5.75 Å². The summed E-state index contributed by atoms with van der Waals surface area (Å²) in [4.78, 5) is 11.9. The van der Waals surface area contributed by atoms with Crippen LogP contribution in [0.3, 0.4) is 0 Å². The molecule has 6 nitrogen and oxygen atoms in total. The number of benzene rings is 2. The summed E-state index contributed by atoms with van der Waals surface area (Å²) in [5, 5.41) is 15.0. The zero-order chi connectivity index (χ0) is 18.9. The predicted molar refractivity (Wildman–Crippen MR) is 110 cm³/mol. The molecule has 0 atom stereocenters. The van der Waals surface area contributed by atoms with E-state index >= 15 is 0 Å². The number of hydrogen-bond acceptors (Lipinski definition) is 7. The van der Waals surface area contributed by atoms with E-state index in [-0.39, 0.29) is 5.91 Å². The van der Waals surface area contributed by atoms with E-state index in [0.717, 1.165) is 15.8 Å². The maximum atomic E-state index is 11.9. The summed E-state index contributed by atoms with van der Waals surface area (Å²) < 4.78 is 6.29. The molecular formula is C19H20N4O2S2. The van der Waals surface area contributed by atoms with Gasteiger partial charge in [0.2, 0.25) is 11.0 Å². The number of aromatic nitrogens is 2. The van der Waals surface area contributed by atoms with Crippen molar-refractivity contribution < 1.29 is 9.53 Å². The van der Waals surface area contributed by atoms with Gasteiger partial charge in [-0.15, -0.1) is 10.2 Å². The van der Waals surface area contributed by atoms with Gasteiger partial charge in [-0.3, -0.25) is 4.79 Å². The summed E-state index contributed by atoms with van der Waals surface area (Å²) in [6.07, 6.45) is 0. The summed E-state index contributed by atoms with van der Waals surface area (Å²) in [5.74, 6) is 1.04. The molecule has 0 spiro atoms. The fourth-order valence-corrected chi connectivity index (χ4v) is 3.74. The highest BCUT2D eigenvalue weighted by Crippen LogP contribution is 2.27. The molecule has 1 heterocycles. The number of rotatable bonds is 9. The number of nitrogens with one attached hydrogen (secondary N) is 2. The molecule has 0 aliphatic carbocycles. The van der Waals surface area contributed by atoms with E-state index in [4.69, 9.17) is 4.74 Å². The molecule has 140 valence electrons. The summed E-state index contributed by atoms with van der Waals surface area (Å²) in [7, 11) is 0. The molecule has 27 heavy (non-hydrogen) atoms. The molecule has 2 aromatic carbocycles. The fraction of sp³-hybridized carbons (Fsp3) is 0.211. The zero-order valence-electron chi connectivity index (χ0n) is 14.8. The lowest BCUT2D eigenvalue weighted by atomic mass is 10.2. The smallest absolute Gasteiger partial charge is 0.230 e. The number of thioether (sulfide) groups is 1. The van der Waals surface area contributed by atoms with Gasteiger partial charge >= 0.3 is 0 Å². The molecule has 0 saturated heterocycles. The Morgan fingerprint density at radius 3 is 2.67 bits per heavy atom. The van der Waals surface area contributed by atoms with Gasteiger partial charge in [-0.05, 0) is 31.2 Å². The van der Waals surface area contributed by atoms with Crippen LogP contribution in [-0.2, 0) is 4.79 Å². The van der Waals surface area contributed by atoms with Gasteiger partial charge in [0.1, 0.15) is 12.4 Å². The molecule has 0 aliphatic rings. The van der Waals surface area contributed by atoms with Crippen LogP contribution in [-0.4, -0.2) is 35.0 Å². The third-order valence-electron chi connectivity index (χ3n) is 3.47. The number of amides is 1. The predicted octanol–water partition coefficient (Wildman–Crippen LogP) is 3.88. The monoisotopic (exact) mass is 400 g/mol. The van der Waals surface area contributed by atoms with Crippen LogP contribution in [0.2, 0.25) is 0 Å². The molecule has 8 heteroatoms. The standard InChI is InChI=1S/C19H20N4O2S2/c1-14-7-9-15(10-8-14)21-18-22-23-19(27-18)26-13-17(24)20-11-12-25-16-5-3-2-4-6-16/h2-10H,11-13H2,1H3,(H,20,24)(H,21,22). The Labute approximate surface area is 166 Å². The van der Waals surface area contributed by atoms with Crippen molar-refractivity contribution in [3.05, 3.63) is 60.2 Å². The van der Waals surface area contributed by atoms with E-state index in [0.29, 0.717) is 24.0 Å². The van der Waals surface area contributed by atoms with Gasteiger partial charge < -0.3 is 15.4 Å². The molecule has 1 aromatic heterocycles. The van der Waals surface area contributed by atoms with E-state index in [1.807, 2.05) is 61.5 Å². The third-order valence-corrected chi connectivity index (χ3v) is 5.44. The Kier molecular flexibility index (Phi) is 7.06. The van der Waals surface area contributed by atoms with Crippen LogP contribution in [0.5, 0.6) is 5.75 Å². The van der Waals surface area contributed by atoms with Crippen LogP contribution < -0.4 is 15.4 Å². The largest absolute Gasteiger partial charge is 0.492 e. The SMILES string of the molecule is Cc1ccc(Nc2nnc(SCC(=O)NCCOc3ccccc3)s2)cc1. The zero-order valence-corrected chi connectivity index (χ0v) is 16.5. The summed E-state index contributed by atoms with van der Waals surface area (Å²) >= 11 is 2.79. The summed E-state index contributed by atoms with van der Waals surface area (Å²) in [6, 6.07) is 17.6. The summed E-state index contributed by atoms with van der Waals surface area (Å²) in [5.41, 5.74) is 2.17. The van der Waals surface area contributed by atoms with Gasteiger partial charge in [0.15, 0.2) is 4.34 Å². The first-order valence-corrected chi connectivity index (χ1v) is 10.2. The maximum absolute atomic E-state index is 11.9. The topological polar surface area (TPSA) is 76.1 Å². The van der Waals surface area contributed by atoms with E-state index in [9.17, 15) is 4.79 Å². The van der Waals surface area contributed by atoms with Crippen molar-refractivity contribution in [2.24, 2.45) is 0 Å². The highest BCUT2D eigenvalue weighted by Gasteiger charge is 2.08. The van der Waals surface area contributed by atoms with Gasteiger partial charge in [-0.1, -0.05) is 59.0 Å². The molecule has 0 aliphatic heterocycles. The number of carbonyl (C=O) groups excluding carboxylic acids is 1. The van der Waals surface area contributed by atoms with E-state index in [1.165, 1.54) is 28.7 Å². The number of para-hydroxylation sites is 1. The molecule has 0 unspecified atom stereocenters. The fourth-order valence-electron chi connectivity index (χ4n) is 2.13. The first-order chi connectivity index (χ1) is 13.2. The van der Waals surface area contributed by atoms with Gasteiger partial charge in [0, 0.05) is 5.69 Å². The van der Waals surface area contributed by atoms with Crippen LogP contribution in [0.25, 0.3) is 0 Å². The Balaban J connectivity index is 1.35. The lowest BCUT2D eigenvalue weighted by Gasteiger charge is -2.07. The summed E-state index contributed by atoms with van der Waals surface area (Å²) in [6.45, 7) is 2.94. The average Bonchev–Trinajstić information content (AvgIpc) is 3.14.